The summed E-state index contributed by atoms with van der Waals surface area (Å²) in [6.07, 6.45) is 9.66. The molecular formula is C21H34O3. The lowest BCUT2D eigenvalue weighted by Crippen LogP contribution is -2.56. The standard InChI is InChI=1S/C21H34O3/c1-19-10-11-21(23,13-24-3)12-14(19)4-5-15-16-6-7-18(22)20(16,2)9-8-17(15)19/h14-17,23H,4-13H2,1-3H3/t14-,15+,16?,17?,19+,20+,21-/m1/s1. The van der Waals surface area contributed by atoms with Crippen molar-refractivity contribution < 1.29 is 14.6 Å². The van der Waals surface area contributed by atoms with E-state index in [1.807, 2.05) is 0 Å². The fourth-order valence-corrected chi connectivity index (χ4v) is 7.49. The van der Waals surface area contributed by atoms with Crippen LogP contribution in [0.3, 0.4) is 0 Å². The molecule has 1 N–H and O–H groups in total. The van der Waals surface area contributed by atoms with Crippen molar-refractivity contribution in [1.29, 1.82) is 0 Å². The van der Waals surface area contributed by atoms with E-state index in [0.717, 1.165) is 50.4 Å². The molecule has 0 spiro atoms. The molecule has 3 heteroatoms. The van der Waals surface area contributed by atoms with Gasteiger partial charge in [0.05, 0.1) is 12.2 Å². The molecule has 4 rings (SSSR count). The lowest BCUT2D eigenvalue weighted by atomic mass is 9.44. The quantitative estimate of drug-likeness (QED) is 0.831. The Bertz CT molecular complexity index is 531. The van der Waals surface area contributed by atoms with E-state index >= 15 is 0 Å². The monoisotopic (exact) mass is 334 g/mol. The Morgan fingerprint density at radius 2 is 1.88 bits per heavy atom. The lowest BCUT2D eigenvalue weighted by molar-refractivity contribution is -0.163. The summed E-state index contributed by atoms with van der Waals surface area (Å²) in [5.41, 5.74) is -0.274. The van der Waals surface area contributed by atoms with Crippen LogP contribution in [0.25, 0.3) is 0 Å². The van der Waals surface area contributed by atoms with E-state index < -0.39 is 5.60 Å². The second-order valence-corrected chi connectivity index (χ2v) is 9.94. The van der Waals surface area contributed by atoms with Gasteiger partial charge in [-0.05, 0) is 80.5 Å². The van der Waals surface area contributed by atoms with Gasteiger partial charge in [0, 0.05) is 18.9 Å². The fraction of sp³-hybridized carbons (Fsp3) is 0.952. The Morgan fingerprint density at radius 1 is 1.08 bits per heavy atom. The predicted octanol–water partition coefficient (Wildman–Crippen LogP) is 3.98. The second-order valence-electron chi connectivity index (χ2n) is 9.94. The van der Waals surface area contributed by atoms with Gasteiger partial charge in [0.1, 0.15) is 5.78 Å². The van der Waals surface area contributed by atoms with Gasteiger partial charge in [0.2, 0.25) is 0 Å². The summed E-state index contributed by atoms with van der Waals surface area (Å²) in [6, 6.07) is 0. The van der Waals surface area contributed by atoms with Crippen LogP contribution in [0.4, 0.5) is 0 Å². The summed E-state index contributed by atoms with van der Waals surface area (Å²) in [7, 11) is 1.70. The highest BCUT2D eigenvalue weighted by atomic mass is 16.5. The van der Waals surface area contributed by atoms with E-state index in [4.69, 9.17) is 4.74 Å². The molecule has 4 fully saturated rings. The van der Waals surface area contributed by atoms with Crippen molar-refractivity contribution in [3.05, 3.63) is 0 Å². The maximum Gasteiger partial charge on any atom is 0.139 e. The molecule has 136 valence electrons. The van der Waals surface area contributed by atoms with Gasteiger partial charge in [-0.25, -0.2) is 0 Å². The SMILES string of the molecule is COC[C@@]1(O)CC[C@]2(C)C3CC[C@]4(C)C(=O)CCC4[C@@H]3CC[C@@H]2C1. The van der Waals surface area contributed by atoms with Crippen LogP contribution in [-0.2, 0) is 9.53 Å². The number of carbonyl (C=O) groups excluding carboxylic acids is 1. The van der Waals surface area contributed by atoms with Crippen LogP contribution >= 0.6 is 0 Å². The third kappa shape index (κ3) is 2.26. The Hall–Kier alpha value is -0.410. The van der Waals surface area contributed by atoms with Crippen molar-refractivity contribution in [3.63, 3.8) is 0 Å². The molecule has 0 bridgehead atoms. The average Bonchev–Trinajstić information content (AvgIpc) is 2.84. The molecule has 0 aromatic carbocycles. The zero-order valence-corrected chi connectivity index (χ0v) is 15.6. The van der Waals surface area contributed by atoms with Crippen LogP contribution < -0.4 is 0 Å². The first kappa shape index (κ1) is 17.0. The van der Waals surface area contributed by atoms with Gasteiger partial charge in [0.25, 0.3) is 0 Å². The molecule has 4 aliphatic carbocycles. The third-order valence-electron chi connectivity index (χ3n) is 8.94. The fourth-order valence-electron chi connectivity index (χ4n) is 7.49. The zero-order chi connectivity index (χ0) is 17.2. The van der Waals surface area contributed by atoms with Gasteiger partial charge >= 0.3 is 0 Å². The first-order chi connectivity index (χ1) is 11.3. The van der Waals surface area contributed by atoms with Crippen LogP contribution in [0.2, 0.25) is 0 Å². The number of hydrogen-bond donors (Lipinski definition) is 1. The number of fused-ring (bicyclic) bond motifs is 5. The molecule has 0 saturated heterocycles. The molecule has 0 amide bonds. The van der Waals surface area contributed by atoms with Gasteiger partial charge < -0.3 is 9.84 Å². The van der Waals surface area contributed by atoms with E-state index in [1.54, 1.807) is 7.11 Å². The minimum atomic E-state index is -0.613. The number of ether oxygens (including phenoxy) is 1. The maximum absolute atomic E-state index is 12.5. The number of hydrogen-bond acceptors (Lipinski definition) is 3. The molecule has 4 aliphatic rings. The maximum atomic E-state index is 12.5. The van der Waals surface area contributed by atoms with E-state index in [1.165, 1.54) is 19.3 Å². The van der Waals surface area contributed by atoms with Crippen LogP contribution in [0, 0.1) is 34.5 Å². The van der Waals surface area contributed by atoms with E-state index in [9.17, 15) is 9.90 Å². The Morgan fingerprint density at radius 3 is 2.62 bits per heavy atom. The van der Waals surface area contributed by atoms with Gasteiger partial charge in [0.15, 0.2) is 0 Å². The van der Waals surface area contributed by atoms with Crippen molar-refractivity contribution in [1.82, 2.24) is 0 Å². The second kappa shape index (κ2) is 5.54. The van der Waals surface area contributed by atoms with Crippen LogP contribution in [-0.4, -0.2) is 30.2 Å². The molecule has 0 aromatic heterocycles. The van der Waals surface area contributed by atoms with Crippen LogP contribution in [0.15, 0.2) is 0 Å². The smallest absolute Gasteiger partial charge is 0.139 e. The molecule has 2 unspecified atom stereocenters. The summed E-state index contributed by atoms with van der Waals surface area (Å²) < 4.78 is 5.30. The minimum absolute atomic E-state index is 0.0180. The minimum Gasteiger partial charge on any atom is -0.387 e. The van der Waals surface area contributed by atoms with Gasteiger partial charge in [-0.15, -0.1) is 0 Å². The van der Waals surface area contributed by atoms with E-state index in [-0.39, 0.29) is 5.41 Å². The Balaban J connectivity index is 1.58. The number of rotatable bonds is 2. The Kier molecular flexibility index (Phi) is 3.93. The number of carbonyl (C=O) groups is 1. The van der Waals surface area contributed by atoms with Crippen molar-refractivity contribution in [2.45, 2.75) is 77.2 Å². The molecule has 4 saturated carbocycles. The van der Waals surface area contributed by atoms with Crippen molar-refractivity contribution in [2.24, 2.45) is 34.5 Å². The largest absolute Gasteiger partial charge is 0.387 e. The molecule has 0 radical (unpaired) electrons. The molecular weight excluding hydrogens is 300 g/mol. The summed E-state index contributed by atoms with van der Waals surface area (Å²) in [4.78, 5) is 12.5. The summed E-state index contributed by atoms with van der Waals surface area (Å²) in [6.45, 7) is 5.24. The van der Waals surface area contributed by atoms with E-state index in [0.29, 0.717) is 29.6 Å². The number of aliphatic hydroxyl groups is 1. The van der Waals surface area contributed by atoms with Crippen LogP contribution in [0.1, 0.15) is 71.6 Å². The van der Waals surface area contributed by atoms with Crippen molar-refractivity contribution in [3.8, 4) is 0 Å². The van der Waals surface area contributed by atoms with Gasteiger partial charge in [-0.3, -0.25) is 4.79 Å². The molecule has 3 nitrogen and oxygen atoms in total. The molecule has 0 aliphatic heterocycles. The highest BCUT2D eigenvalue weighted by Gasteiger charge is 2.61. The summed E-state index contributed by atoms with van der Waals surface area (Å²) in [5.74, 6) is 3.28. The average molecular weight is 335 g/mol. The van der Waals surface area contributed by atoms with Crippen molar-refractivity contribution in [2.75, 3.05) is 13.7 Å². The highest BCUT2D eigenvalue weighted by Crippen LogP contribution is 2.66. The first-order valence-corrected chi connectivity index (χ1v) is 10.1. The first-order valence-electron chi connectivity index (χ1n) is 10.1. The summed E-state index contributed by atoms with van der Waals surface area (Å²) >= 11 is 0. The molecule has 0 aromatic rings. The summed E-state index contributed by atoms with van der Waals surface area (Å²) in [5, 5.41) is 10.9. The Labute approximate surface area is 146 Å². The molecule has 24 heavy (non-hydrogen) atoms. The number of methoxy groups -OCH3 is 1. The normalized spacial score (nSPS) is 54.1. The topological polar surface area (TPSA) is 46.5 Å². The predicted molar refractivity (Wildman–Crippen MR) is 93.6 cm³/mol. The van der Waals surface area contributed by atoms with Crippen LogP contribution in [0.5, 0.6) is 0 Å². The van der Waals surface area contributed by atoms with Gasteiger partial charge in [-0.2, -0.15) is 0 Å². The number of Topliss-reactive ketones (excluding diaryl/α,β-unsaturated/α-hetero) is 1. The number of ketones is 1. The van der Waals surface area contributed by atoms with Crippen molar-refractivity contribution >= 4 is 5.78 Å². The highest BCUT2D eigenvalue weighted by molar-refractivity contribution is 5.87. The zero-order valence-electron chi connectivity index (χ0n) is 15.6. The van der Waals surface area contributed by atoms with E-state index in [2.05, 4.69) is 13.8 Å². The lowest BCUT2D eigenvalue weighted by Gasteiger charge is -2.61. The van der Waals surface area contributed by atoms with Gasteiger partial charge in [-0.1, -0.05) is 13.8 Å². The molecule has 7 atom stereocenters. The molecule has 0 heterocycles. The third-order valence-corrected chi connectivity index (χ3v) is 8.94.